The van der Waals surface area contributed by atoms with Gasteiger partial charge in [-0.15, -0.1) is 0 Å². The Morgan fingerprint density at radius 3 is 2.94 bits per heavy atom. The summed E-state index contributed by atoms with van der Waals surface area (Å²) in [4.78, 5) is 11.0. The van der Waals surface area contributed by atoms with Crippen molar-refractivity contribution in [2.24, 2.45) is 5.73 Å². The number of nitrogens with two attached hydrogens (primary N) is 1. The number of primary amides is 1. The third kappa shape index (κ3) is 3.51. The zero-order valence-corrected chi connectivity index (χ0v) is 9.13. The van der Waals surface area contributed by atoms with Gasteiger partial charge in [-0.2, -0.15) is 0 Å². The zero-order chi connectivity index (χ0) is 12.0. The number of hydrogen-bond acceptors (Lipinski definition) is 3. The largest absolute Gasteiger partial charge is 0.491 e. The van der Waals surface area contributed by atoms with Crippen LogP contribution in [0.3, 0.4) is 0 Å². The van der Waals surface area contributed by atoms with Crippen LogP contribution in [0.5, 0.6) is 5.75 Å². The molecule has 1 aromatic rings. The molecule has 1 rings (SSSR count). The predicted molar refractivity (Wildman–Crippen MR) is 59.0 cm³/mol. The molecular formula is C11H15FN2O2. The van der Waals surface area contributed by atoms with E-state index in [0.717, 1.165) is 12.6 Å². The first-order valence-electron chi connectivity index (χ1n) is 5.08. The Labute approximate surface area is 93.6 Å². The molecule has 0 saturated carbocycles. The van der Waals surface area contributed by atoms with E-state index in [1.807, 2.05) is 6.92 Å². The van der Waals surface area contributed by atoms with E-state index in [4.69, 9.17) is 10.5 Å². The number of benzene rings is 1. The first-order valence-corrected chi connectivity index (χ1v) is 5.08. The Kier molecular flexibility index (Phi) is 4.72. The highest BCUT2D eigenvalue weighted by atomic mass is 19.1. The molecule has 0 spiro atoms. The van der Waals surface area contributed by atoms with E-state index in [2.05, 4.69) is 5.32 Å². The Morgan fingerprint density at radius 2 is 2.31 bits per heavy atom. The minimum Gasteiger partial charge on any atom is -0.491 e. The second-order valence-corrected chi connectivity index (χ2v) is 3.21. The molecule has 1 amide bonds. The van der Waals surface area contributed by atoms with Crippen molar-refractivity contribution in [3.8, 4) is 5.75 Å². The van der Waals surface area contributed by atoms with Gasteiger partial charge in [0.25, 0.3) is 5.91 Å². The van der Waals surface area contributed by atoms with Crippen LogP contribution >= 0.6 is 0 Å². The lowest BCUT2D eigenvalue weighted by atomic mass is 10.2. The Balaban J connectivity index is 2.67. The molecular weight excluding hydrogens is 211 g/mol. The Hall–Kier alpha value is -1.62. The maximum Gasteiger partial charge on any atom is 0.252 e. The maximum atomic E-state index is 12.9. The zero-order valence-electron chi connectivity index (χ0n) is 9.13. The predicted octanol–water partition coefficient (Wildman–Crippen LogP) is 0.913. The standard InChI is InChI=1S/C11H15FN2O2/c1-2-14-5-6-16-10-4-3-8(12)7-9(10)11(13)15/h3-4,7,14H,2,5-6H2,1H3,(H2,13,15). The summed E-state index contributed by atoms with van der Waals surface area (Å²) in [7, 11) is 0. The van der Waals surface area contributed by atoms with Crippen molar-refractivity contribution >= 4 is 5.91 Å². The van der Waals surface area contributed by atoms with Gasteiger partial charge in [0.05, 0.1) is 5.56 Å². The summed E-state index contributed by atoms with van der Waals surface area (Å²) in [5.41, 5.74) is 5.18. The number of amides is 1. The third-order valence-corrected chi connectivity index (χ3v) is 1.99. The van der Waals surface area contributed by atoms with Crippen molar-refractivity contribution in [3.05, 3.63) is 29.6 Å². The van der Waals surface area contributed by atoms with Crippen LogP contribution in [0.15, 0.2) is 18.2 Å². The molecule has 88 valence electrons. The topological polar surface area (TPSA) is 64.3 Å². The van der Waals surface area contributed by atoms with Crippen LogP contribution in [0.2, 0.25) is 0 Å². The minimum absolute atomic E-state index is 0.0662. The molecule has 0 aliphatic heterocycles. The third-order valence-electron chi connectivity index (χ3n) is 1.99. The van der Waals surface area contributed by atoms with E-state index < -0.39 is 11.7 Å². The van der Waals surface area contributed by atoms with Crippen molar-refractivity contribution in [2.75, 3.05) is 19.7 Å². The molecule has 0 aromatic heterocycles. The number of likely N-dealkylation sites (N-methyl/N-ethyl adjacent to an activating group) is 1. The van der Waals surface area contributed by atoms with Crippen LogP contribution in [-0.4, -0.2) is 25.6 Å². The SMILES string of the molecule is CCNCCOc1ccc(F)cc1C(N)=O. The lowest BCUT2D eigenvalue weighted by Crippen LogP contribution is -2.21. The van der Waals surface area contributed by atoms with E-state index in [-0.39, 0.29) is 5.56 Å². The molecule has 0 radical (unpaired) electrons. The van der Waals surface area contributed by atoms with Crippen molar-refractivity contribution in [1.29, 1.82) is 0 Å². The summed E-state index contributed by atoms with van der Waals surface area (Å²) in [6.07, 6.45) is 0. The average molecular weight is 226 g/mol. The highest BCUT2D eigenvalue weighted by Crippen LogP contribution is 2.18. The second kappa shape index (κ2) is 6.07. The number of ether oxygens (including phenoxy) is 1. The van der Waals surface area contributed by atoms with Crippen LogP contribution in [0.4, 0.5) is 4.39 Å². The summed E-state index contributed by atoms with van der Waals surface area (Å²) in [5.74, 6) is -0.891. The number of rotatable bonds is 6. The number of carbonyl (C=O) groups excluding carboxylic acids is 1. The molecule has 3 N–H and O–H groups in total. The van der Waals surface area contributed by atoms with E-state index in [0.29, 0.717) is 18.9 Å². The van der Waals surface area contributed by atoms with Gasteiger partial charge in [-0.25, -0.2) is 4.39 Å². The highest BCUT2D eigenvalue weighted by molar-refractivity contribution is 5.95. The van der Waals surface area contributed by atoms with Crippen molar-refractivity contribution in [2.45, 2.75) is 6.92 Å². The van der Waals surface area contributed by atoms with Crippen molar-refractivity contribution in [3.63, 3.8) is 0 Å². The van der Waals surface area contributed by atoms with Gasteiger partial charge in [0.15, 0.2) is 0 Å². The molecule has 4 nitrogen and oxygen atoms in total. The molecule has 1 aromatic carbocycles. The summed E-state index contributed by atoms with van der Waals surface area (Å²) >= 11 is 0. The fraction of sp³-hybridized carbons (Fsp3) is 0.364. The fourth-order valence-corrected chi connectivity index (χ4v) is 1.23. The quantitative estimate of drug-likeness (QED) is 0.709. The molecule has 0 atom stereocenters. The summed E-state index contributed by atoms with van der Waals surface area (Å²) in [6.45, 7) is 3.88. The molecule has 0 saturated heterocycles. The fourth-order valence-electron chi connectivity index (χ4n) is 1.23. The summed E-state index contributed by atoms with van der Waals surface area (Å²) in [5, 5.41) is 3.06. The van der Waals surface area contributed by atoms with Gasteiger partial charge in [0.1, 0.15) is 18.2 Å². The highest BCUT2D eigenvalue weighted by Gasteiger charge is 2.10. The van der Waals surface area contributed by atoms with E-state index >= 15 is 0 Å². The van der Waals surface area contributed by atoms with Gasteiger partial charge >= 0.3 is 0 Å². The van der Waals surface area contributed by atoms with Gasteiger partial charge in [0.2, 0.25) is 0 Å². The summed E-state index contributed by atoms with van der Waals surface area (Å²) in [6, 6.07) is 3.71. The first-order chi connectivity index (χ1) is 7.65. The van der Waals surface area contributed by atoms with Crippen LogP contribution in [-0.2, 0) is 0 Å². The lowest BCUT2D eigenvalue weighted by molar-refractivity contribution is 0.0996. The van der Waals surface area contributed by atoms with Crippen LogP contribution in [0.1, 0.15) is 17.3 Å². The van der Waals surface area contributed by atoms with Crippen molar-refractivity contribution < 1.29 is 13.9 Å². The second-order valence-electron chi connectivity index (χ2n) is 3.21. The van der Waals surface area contributed by atoms with E-state index in [1.165, 1.54) is 12.1 Å². The van der Waals surface area contributed by atoms with Gasteiger partial charge in [-0.1, -0.05) is 6.92 Å². The average Bonchev–Trinajstić information content (AvgIpc) is 2.26. The van der Waals surface area contributed by atoms with Crippen LogP contribution in [0, 0.1) is 5.82 Å². The van der Waals surface area contributed by atoms with Crippen LogP contribution in [0.25, 0.3) is 0 Å². The van der Waals surface area contributed by atoms with Crippen LogP contribution < -0.4 is 15.8 Å². The van der Waals surface area contributed by atoms with E-state index in [1.54, 1.807) is 0 Å². The van der Waals surface area contributed by atoms with Gasteiger partial charge in [0, 0.05) is 6.54 Å². The van der Waals surface area contributed by atoms with Gasteiger partial charge < -0.3 is 15.8 Å². The normalized spacial score (nSPS) is 10.1. The molecule has 16 heavy (non-hydrogen) atoms. The van der Waals surface area contributed by atoms with E-state index in [9.17, 15) is 9.18 Å². The number of hydrogen-bond donors (Lipinski definition) is 2. The lowest BCUT2D eigenvalue weighted by Gasteiger charge is -2.09. The number of halogens is 1. The molecule has 5 heteroatoms. The maximum absolute atomic E-state index is 12.9. The molecule has 0 fully saturated rings. The summed E-state index contributed by atoms with van der Waals surface area (Å²) < 4.78 is 18.2. The van der Waals surface area contributed by atoms with Crippen molar-refractivity contribution in [1.82, 2.24) is 5.32 Å². The molecule has 0 aliphatic rings. The minimum atomic E-state index is -0.696. The molecule has 0 unspecified atom stereocenters. The Bertz CT molecular complexity index is 369. The smallest absolute Gasteiger partial charge is 0.252 e. The Morgan fingerprint density at radius 1 is 1.56 bits per heavy atom. The molecule has 0 bridgehead atoms. The first kappa shape index (κ1) is 12.4. The number of carbonyl (C=O) groups is 1. The molecule has 0 aliphatic carbocycles. The molecule has 0 heterocycles. The number of nitrogens with one attached hydrogen (secondary N) is 1. The van der Waals surface area contributed by atoms with Gasteiger partial charge in [-0.3, -0.25) is 4.79 Å². The monoisotopic (exact) mass is 226 g/mol. The van der Waals surface area contributed by atoms with Gasteiger partial charge in [-0.05, 0) is 24.7 Å².